The summed E-state index contributed by atoms with van der Waals surface area (Å²) in [6.45, 7) is 3.79. The number of halogens is 1. The van der Waals surface area contributed by atoms with Gasteiger partial charge in [0, 0.05) is 17.5 Å². The van der Waals surface area contributed by atoms with Crippen molar-refractivity contribution < 1.29 is 17.6 Å². The number of carbonyl (C=O) groups excluding carboxylic acids is 1. The first kappa shape index (κ1) is 24.1. The first-order valence-corrected chi connectivity index (χ1v) is 11.8. The lowest BCUT2D eigenvalue weighted by Crippen LogP contribution is -2.32. The zero-order valence-electron chi connectivity index (χ0n) is 17.9. The molecule has 9 heteroatoms. The smallest absolute Gasteiger partial charge is 0.261 e. The summed E-state index contributed by atoms with van der Waals surface area (Å²) in [5.74, 6) is -0.824. The summed E-state index contributed by atoms with van der Waals surface area (Å²) in [5.41, 5.74) is 3.57. The Morgan fingerprint density at radius 1 is 0.909 bits per heavy atom. The molecule has 0 unspecified atom stereocenters. The van der Waals surface area contributed by atoms with Gasteiger partial charge in [-0.05, 0) is 97.4 Å². The van der Waals surface area contributed by atoms with E-state index in [0.717, 1.165) is 11.1 Å². The molecule has 0 aliphatic carbocycles. The molecule has 1 amide bonds. The number of hydrogen-bond acceptors (Lipinski definition) is 4. The number of amides is 1. The number of rotatable bonds is 6. The monoisotopic (exact) mass is 483 g/mol. The third-order valence-electron chi connectivity index (χ3n) is 4.43. The molecule has 0 heterocycles. The number of anilines is 2. The van der Waals surface area contributed by atoms with E-state index in [-0.39, 0.29) is 15.8 Å². The molecule has 0 saturated carbocycles. The molecule has 3 N–H and O–H groups in total. The van der Waals surface area contributed by atoms with Gasteiger partial charge in [0.25, 0.3) is 10.0 Å². The van der Waals surface area contributed by atoms with Crippen molar-refractivity contribution >= 4 is 50.7 Å². The van der Waals surface area contributed by atoms with Gasteiger partial charge in [-0.15, -0.1) is 0 Å². The minimum atomic E-state index is -3.76. The molecule has 0 bridgehead atoms. The molecule has 3 rings (SSSR count). The van der Waals surface area contributed by atoms with Crippen molar-refractivity contribution in [3.8, 4) is 0 Å². The Labute approximate surface area is 197 Å². The quantitative estimate of drug-likeness (QED) is 0.347. The van der Waals surface area contributed by atoms with Crippen molar-refractivity contribution in [2.24, 2.45) is 0 Å². The van der Waals surface area contributed by atoms with Gasteiger partial charge in [0.2, 0.25) is 5.91 Å². The molecule has 0 aromatic heterocycles. The summed E-state index contributed by atoms with van der Waals surface area (Å²) >= 11 is 5.12. The summed E-state index contributed by atoms with van der Waals surface area (Å²) in [7, 11) is -3.76. The molecule has 33 heavy (non-hydrogen) atoms. The summed E-state index contributed by atoms with van der Waals surface area (Å²) in [6, 6.07) is 17.1. The zero-order valence-corrected chi connectivity index (χ0v) is 19.6. The van der Waals surface area contributed by atoms with Crippen LogP contribution in [0.5, 0.6) is 0 Å². The Morgan fingerprint density at radius 2 is 1.52 bits per heavy atom. The van der Waals surface area contributed by atoms with Crippen molar-refractivity contribution in [1.29, 1.82) is 0 Å². The van der Waals surface area contributed by atoms with Gasteiger partial charge in [0.15, 0.2) is 5.11 Å². The van der Waals surface area contributed by atoms with Gasteiger partial charge in [-0.1, -0.05) is 18.2 Å². The highest BCUT2D eigenvalue weighted by molar-refractivity contribution is 7.92. The van der Waals surface area contributed by atoms with E-state index >= 15 is 0 Å². The van der Waals surface area contributed by atoms with Crippen LogP contribution >= 0.6 is 12.2 Å². The van der Waals surface area contributed by atoms with Crippen LogP contribution in [0.4, 0.5) is 15.8 Å². The van der Waals surface area contributed by atoms with Crippen molar-refractivity contribution in [2.45, 2.75) is 18.7 Å². The fourth-order valence-electron chi connectivity index (χ4n) is 3.03. The Hall–Kier alpha value is -3.56. The lowest BCUT2D eigenvalue weighted by Gasteiger charge is -2.11. The molecule has 0 spiro atoms. The molecule has 0 fully saturated rings. The maximum absolute atomic E-state index is 12.9. The second-order valence-corrected chi connectivity index (χ2v) is 9.43. The topological polar surface area (TPSA) is 87.3 Å². The van der Waals surface area contributed by atoms with E-state index in [4.69, 9.17) is 12.2 Å². The number of hydrogen-bond donors (Lipinski definition) is 3. The summed E-state index contributed by atoms with van der Waals surface area (Å²) < 4.78 is 40.8. The van der Waals surface area contributed by atoms with E-state index in [1.807, 2.05) is 19.9 Å². The third-order valence-corrected chi connectivity index (χ3v) is 6.03. The number of nitrogens with one attached hydrogen (secondary N) is 3. The molecule has 0 aliphatic rings. The first-order valence-electron chi connectivity index (χ1n) is 9.87. The van der Waals surface area contributed by atoms with Crippen LogP contribution in [0.3, 0.4) is 0 Å². The Bertz CT molecular complexity index is 1280. The largest absolute Gasteiger partial charge is 0.332 e. The average Bonchev–Trinajstić information content (AvgIpc) is 2.72. The fraction of sp³-hybridized carbons (Fsp3) is 0.0833. The van der Waals surface area contributed by atoms with Gasteiger partial charge in [-0.2, -0.15) is 0 Å². The maximum atomic E-state index is 12.9. The molecule has 6 nitrogen and oxygen atoms in total. The van der Waals surface area contributed by atoms with Crippen molar-refractivity contribution in [3.63, 3.8) is 0 Å². The zero-order chi connectivity index (χ0) is 24.0. The van der Waals surface area contributed by atoms with Crippen LogP contribution in [0.15, 0.2) is 77.7 Å². The van der Waals surface area contributed by atoms with Crippen LogP contribution in [0.2, 0.25) is 0 Å². The molecule has 170 valence electrons. The van der Waals surface area contributed by atoms with E-state index in [2.05, 4.69) is 15.4 Å². The minimum Gasteiger partial charge on any atom is -0.332 e. The van der Waals surface area contributed by atoms with Gasteiger partial charge in [0.05, 0.1) is 4.90 Å². The molecule has 3 aromatic carbocycles. The van der Waals surface area contributed by atoms with Crippen LogP contribution in [0.25, 0.3) is 6.08 Å². The van der Waals surface area contributed by atoms with E-state index in [1.54, 1.807) is 36.4 Å². The van der Waals surface area contributed by atoms with Crippen molar-refractivity contribution in [1.82, 2.24) is 5.32 Å². The van der Waals surface area contributed by atoms with E-state index < -0.39 is 15.9 Å². The third kappa shape index (κ3) is 7.23. The Balaban J connectivity index is 1.58. The number of sulfonamides is 1. The molecule has 0 atom stereocenters. The van der Waals surface area contributed by atoms with Crippen LogP contribution < -0.4 is 15.4 Å². The molecular formula is C24H22FN3O3S2. The fourth-order valence-corrected chi connectivity index (χ4v) is 4.29. The van der Waals surface area contributed by atoms with E-state index in [9.17, 15) is 17.6 Å². The Morgan fingerprint density at radius 3 is 2.12 bits per heavy atom. The van der Waals surface area contributed by atoms with Gasteiger partial charge in [-0.3, -0.25) is 14.8 Å². The van der Waals surface area contributed by atoms with Gasteiger partial charge in [0.1, 0.15) is 5.82 Å². The van der Waals surface area contributed by atoms with Gasteiger partial charge >= 0.3 is 0 Å². The normalized spacial score (nSPS) is 11.2. The lowest BCUT2D eigenvalue weighted by molar-refractivity contribution is -0.115. The Kier molecular flexibility index (Phi) is 7.57. The first-order chi connectivity index (χ1) is 15.6. The highest BCUT2D eigenvalue weighted by Gasteiger charge is 2.14. The second kappa shape index (κ2) is 10.4. The average molecular weight is 484 g/mol. The molecule has 0 radical (unpaired) electrons. The highest BCUT2D eigenvalue weighted by atomic mass is 32.2. The van der Waals surface area contributed by atoms with Crippen molar-refractivity contribution in [3.05, 3.63) is 95.3 Å². The number of thiocarbonyl (C=S) groups is 1. The van der Waals surface area contributed by atoms with Crippen LogP contribution in [0.1, 0.15) is 16.7 Å². The van der Waals surface area contributed by atoms with Crippen LogP contribution in [0, 0.1) is 19.7 Å². The van der Waals surface area contributed by atoms with Gasteiger partial charge in [-0.25, -0.2) is 12.8 Å². The van der Waals surface area contributed by atoms with Gasteiger partial charge < -0.3 is 5.32 Å². The predicted octanol–water partition coefficient (Wildman–Crippen LogP) is 4.77. The van der Waals surface area contributed by atoms with E-state index in [0.29, 0.717) is 16.9 Å². The predicted molar refractivity (Wildman–Crippen MR) is 133 cm³/mol. The number of benzene rings is 3. The lowest BCUT2D eigenvalue weighted by atomic mass is 10.1. The molecule has 0 saturated heterocycles. The number of carbonyl (C=O) groups is 1. The molecule has 3 aromatic rings. The van der Waals surface area contributed by atoms with Crippen molar-refractivity contribution in [2.75, 3.05) is 10.0 Å². The summed E-state index contributed by atoms with van der Waals surface area (Å²) in [6.07, 6.45) is 2.80. The molecule has 0 aliphatic heterocycles. The summed E-state index contributed by atoms with van der Waals surface area (Å²) in [5, 5.41) is 5.36. The second-order valence-electron chi connectivity index (χ2n) is 7.33. The highest BCUT2D eigenvalue weighted by Crippen LogP contribution is 2.20. The van der Waals surface area contributed by atoms with E-state index in [1.165, 1.54) is 36.4 Å². The standard InChI is InChI=1S/C24H22FN3O3S2/c1-16-13-17(2)15-21(14-16)28-33(30,31)22-10-8-20(9-11-22)26-24(32)27-23(29)12-5-18-3-6-19(25)7-4-18/h3-15,28H,1-2H3,(H2,26,27,29,32)/b12-5+. The summed E-state index contributed by atoms with van der Waals surface area (Å²) in [4.78, 5) is 12.1. The SMILES string of the molecule is Cc1cc(C)cc(NS(=O)(=O)c2ccc(NC(=S)NC(=O)/C=C/c3ccc(F)cc3)cc2)c1. The minimum absolute atomic E-state index is 0.0488. The molecular weight excluding hydrogens is 461 g/mol. The van der Waals surface area contributed by atoms with Crippen LogP contribution in [-0.2, 0) is 14.8 Å². The number of aryl methyl sites for hydroxylation is 2. The van der Waals surface area contributed by atoms with Crippen LogP contribution in [-0.4, -0.2) is 19.4 Å². The maximum Gasteiger partial charge on any atom is 0.261 e.